The minimum Gasteiger partial charge on any atom is -0.398 e. The van der Waals surface area contributed by atoms with E-state index in [9.17, 15) is 14.3 Å². The van der Waals surface area contributed by atoms with Crippen molar-refractivity contribution in [2.45, 2.75) is 24.5 Å². The molecule has 1 atom stereocenters. The van der Waals surface area contributed by atoms with Crippen LogP contribution in [0, 0.1) is 24.0 Å². The predicted molar refractivity (Wildman–Crippen MR) is 81.3 cm³/mol. The van der Waals surface area contributed by atoms with Crippen LogP contribution < -0.4 is 5.73 Å². The average molecular weight is 305 g/mol. The molecule has 0 aliphatic rings. The Bertz CT molecular complexity index is 731. The number of pyridine rings is 1. The number of nitrogens with two attached hydrogens (primary N) is 1. The highest BCUT2D eigenvalue weighted by Gasteiger charge is 2.20. The first-order valence-electron chi connectivity index (χ1n) is 6.24. The Labute approximate surface area is 124 Å². The van der Waals surface area contributed by atoms with Crippen LogP contribution in [0.5, 0.6) is 0 Å². The molecule has 0 bridgehead atoms. The normalized spacial score (nSPS) is 12.1. The summed E-state index contributed by atoms with van der Waals surface area (Å²) in [5.41, 5.74) is 7.65. The number of para-hydroxylation sites is 1. The lowest BCUT2D eigenvalue weighted by Crippen LogP contribution is -2.06. The third-order valence-electron chi connectivity index (χ3n) is 3.19. The molecule has 1 aromatic heterocycles. The van der Waals surface area contributed by atoms with Crippen molar-refractivity contribution in [3.05, 3.63) is 57.4 Å². The molecule has 1 heterocycles. The Morgan fingerprint density at radius 2 is 2.00 bits per heavy atom. The van der Waals surface area contributed by atoms with E-state index in [-0.39, 0.29) is 11.4 Å². The van der Waals surface area contributed by atoms with E-state index in [2.05, 4.69) is 4.98 Å². The highest BCUT2D eigenvalue weighted by Crippen LogP contribution is 2.26. The molecule has 7 heteroatoms. The summed E-state index contributed by atoms with van der Waals surface area (Å²) in [5, 5.41) is 11.1. The molecule has 6 nitrogen and oxygen atoms in total. The number of aryl methyl sites for hydroxylation is 1. The minimum atomic E-state index is -1.39. The third kappa shape index (κ3) is 3.08. The molecular weight excluding hydrogens is 290 g/mol. The van der Waals surface area contributed by atoms with Crippen molar-refractivity contribution in [3.63, 3.8) is 0 Å². The van der Waals surface area contributed by atoms with Gasteiger partial charge in [-0.1, -0.05) is 12.1 Å². The summed E-state index contributed by atoms with van der Waals surface area (Å²) >= 11 is 0. The molecule has 0 aliphatic carbocycles. The van der Waals surface area contributed by atoms with Crippen molar-refractivity contribution in [2.24, 2.45) is 0 Å². The van der Waals surface area contributed by atoms with Gasteiger partial charge in [0.25, 0.3) is 5.69 Å². The van der Waals surface area contributed by atoms with Gasteiger partial charge in [-0.05, 0) is 26.0 Å². The first kappa shape index (κ1) is 15.1. The van der Waals surface area contributed by atoms with Crippen molar-refractivity contribution in [1.29, 1.82) is 0 Å². The number of anilines is 1. The van der Waals surface area contributed by atoms with Gasteiger partial charge >= 0.3 is 0 Å². The molecule has 0 fully saturated rings. The summed E-state index contributed by atoms with van der Waals surface area (Å²) in [6, 6.07) is 6.87. The van der Waals surface area contributed by atoms with Gasteiger partial charge in [0, 0.05) is 23.0 Å². The molecule has 0 spiro atoms. The Morgan fingerprint density at radius 3 is 2.62 bits per heavy atom. The summed E-state index contributed by atoms with van der Waals surface area (Å²) in [4.78, 5) is 15.3. The molecule has 2 N–H and O–H groups in total. The molecule has 1 unspecified atom stereocenters. The quantitative estimate of drug-likeness (QED) is 0.531. The van der Waals surface area contributed by atoms with Crippen LogP contribution in [-0.4, -0.2) is 14.1 Å². The van der Waals surface area contributed by atoms with Gasteiger partial charge in [0.15, 0.2) is 0 Å². The monoisotopic (exact) mass is 305 g/mol. The van der Waals surface area contributed by atoms with Crippen molar-refractivity contribution in [2.75, 3.05) is 5.73 Å². The Kier molecular flexibility index (Phi) is 4.32. The molecule has 2 rings (SSSR count). The molecule has 0 amide bonds. The molecule has 110 valence electrons. The first-order valence-corrected chi connectivity index (χ1v) is 7.56. The van der Waals surface area contributed by atoms with Crippen molar-refractivity contribution < 1.29 is 9.13 Å². The molecule has 0 saturated heterocycles. The van der Waals surface area contributed by atoms with Gasteiger partial charge in [-0.15, -0.1) is 0 Å². The standard InChI is InChI=1S/C14H15N3O3S/c1-9-7-16-12(10(2)14(9)17(18)19)8-21(20)13-6-4-3-5-11(13)15/h3-7H,8,15H2,1-2H3. The molecular formula is C14H15N3O3S. The molecule has 0 aliphatic heterocycles. The van der Waals surface area contributed by atoms with Crippen LogP contribution >= 0.6 is 0 Å². The van der Waals surface area contributed by atoms with Crippen LogP contribution in [0.15, 0.2) is 35.4 Å². The van der Waals surface area contributed by atoms with E-state index in [4.69, 9.17) is 5.73 Å². The summed E-state index contributed by atoms with van der Waals surface area (Å²) < 4.78 is 12.4. The van der Waals surface area contributed by atoms with Crippen LogP contribution in [0.2, 0.25) is 0 Å². The van der Waals surface area contributed by atoms with E-state index >= 15 is 0 Å². The van der Waals surface area contributed by atoms with Gasteiger partial charge in [0.05, 0.1) is 32.1 Å². The smallest absolute Gasteiger partial charge is 0.278 e. The Hall–Kier alpha value is -2.28. The molecule has 0 radical (unpaired) electrons. The average Bonchev–Trinajstić information content (AvgIpc) is 2.42. The van der Waals surface area contributed by atoms with Gasteiger partial charge in [0.1, 0.15) is 0 Å². The maximum atomic E-state index is 12.4. The van der Waals surface area contributed by atoms with E-state index in [1.54, 1.807) is 38.1 Å². The van der Waals surface area contributed by atoms with Gasteiger partial charge in [-0.25, -0.2) is 0 Å². The number of benzene rings is 1. The van der Waals surface area contributed by atoms with Gasteiger partial charge in [0.2, 0.25) is 0 Å². The number of nitrogens with zero attached hydrogens (tertiary/aromatic N) is 2. The number of hydrogen-bond acceptors (Lipinski definition) is 5. The second-order valence-corrected chi connectivity index (χ2v) is 6.07. The second kappa shape index (κ2) is 6.01. The van der Waals surface area contributed by atoms with Gasteiger partial charge in [-0.2, -0.15) is 0 Å². The summed E-state index contributed by atoms with van der Waals surface area (Å²) in [6.45, 7) is 3.26. The fourth-order valence-electron chi connectivity index (χ4n) is 2.08. The highest BCUT2D eigenvalue weighted by molar-refractivity contribution is 7.84. The third-order valence-corrected chi connectivity index (χ3v) is 4.59. The summed E-state index contributed by atoms with van der Waals surface area (Å²) in [5.74, 6) is 0.0984. The lowest BCUT2D eigenvalue weighted by atomic mass is 10.1. The number of rotatable bonds is 4. The van der Waals surface area contributed by atoms with Crippen molar-refractivity contribution in [1.82, 2.24) is 4.98 Å². The first-order chi connectivity index (χ1) is 9.91. The van der Waals surface area contributed by atoms with E-state index in [1.165, 1.54) is 6.20 Å². The number of aromatic nitrogens is 1. The molecule has 21 heavy (non-hydrogen) atoms. The van der Waals surface area contributed by atoms with E-state index in [1.807, 2.05) is 0 Å². The fraction of sp³-hybridized carbons (Fsp3) is 0.214. The van der Waals surface area contributed by atoms with Crippen molar-refractivity contribution in [3.8, 4) is 0 Å². The van der Waals surface area contributed by atoms with Crippen LogP contribution in [0.1, 0.15) is 16.8 Å². The van der Waals surface area contributed by atoms with E-state index < -0.39 is 15.7 Å². The Balaban J connectivity index is 2.37. The highest BCUT2D eigenvalue weighted by atomic mass is 32.2. The number of nitro groups is 1. The lowest BCUT2D eigenvalue weighted by Gasteiger charge is -2.08. The summed E-state index contributed by atoms with van der Waals surface area (Å²) in [7, 11) is -1.39. The number of nitrogen functional groups attached to an aromatic ring is 1. The van der Waals surface area contributed by atoms with Crippen molar-refractivity contribution >= 4 is 22.2 Å². The summed E-state index contributed by atoms with van der Waals surface area (Å²) in [6.07, 6.45) is 1.44. The van der Waals surface area contributed by atoms with Gasteiger partial charge in [-0.3, -0.25) is 19.3 Å². The van der Waals surface area contributed by atoms with Crippen LogP contribution in [-0.2, 0) is 16.6 Å². The van der Waals surface area contributed by atoms with Gasteiger partial charge < -0.3 is 5.73 Å². The molecule has 2 aromatic rings. The van der Waals surface area contributed by atoms with E-state index in [0.717, 1.165) is 0 Å². The fourth-order valence-corrected chi connectivity index (χ4v) is 3.34. The lowest BCUT2D eigenvalue weighted by molar-refractivity contribution is -0.386. The minimum absolute atomic E-state index is 0.0260. The van der Waals surface area contributed by atoms with Crippen LogP contribution in [0.4, 0.5) is 11.4 Å². The largest absolute Gasteiger partial charge is 0.398 e. The topological polar surface area (TPSA) is 99.1 Å². The zero-order chi connectivity index (χ0) is 15.6. The molecule has 0 saturated carbocycles. The van der Waals surface area contributed by atoms with E-state index in [0.29, 0.717) is 27.4 Å². The SMILES string of the molecule is Cc1cnc(CS(=O)c2ccccc2N)c(C)c1[N+](=O)[O-]. The predicted octanol–water partition coefficient (Wildman–Crippen LogP) is 2.50. The second-order valence-electron chi connectivity index (χ2n) is 4.65. The Morgan fingerprint density at radius 1 is 1.33 bits per heavy atom. The zero-order valence-corrected chi connectivity index (χ0v) is 12.5. The van der Waals surface area contributed by atoms with Crippen LogP contribution in [0.25, 0.3) is 0 Å². The molecule has 1 aromatic carbocycles. The van der Waals surface area contributed by atoms with Crippen LogP contribution in [0.3, 0.4) is 0 Å². The maximum absolute atomic E-state index is 12.4. The zero-order valence-electron chi connectivity index (χ0n) is 11.7. The number of hydrogen-bond donors (Lipinski definition) is 1. The maximum Gasteiger partial charge on any atom is 0.278 e.